The molecule has 0 heterocycles. The number of alkyl halides is 3. The molecule has 1 rings (SSSR count). The van der Waals surface area contributed by atoms with Crippen molar-refractivity contribution in [1.29, 1.82) is 0 Å². The highest BCUT2D eigenvalue weighted by Gasteiger charge is 2.35. The van der Waals surface area contributed by atoms with Crippen LogP contribution in [0.1, 0.15) is 11.1 Å². The molecule has 0 saturated heterocycles. The third-order valence-electron chi connectivity index (χ3n) is 2.33. The van der Waals surface area contributed by atoms with E-state index in [1.807, 2.05) is 0 Å². The highest BCUT2D eigenvalue weighted by molar-refractivity contribution is 5.75. The van der Waals surface area contributed by atoms with E-state index in [0.29, 0.717) is 6.07 Å². The van der Waals surface area contributed by atoms with E-state index >= 15 is 0 Å². The largest absolute Gasteiger partial charge is 0.468 e. The van der Waals surface area contributed by atoms with Crippen LogP contribution in [0.15, 0.2) is 18.2 Å². The average Bonchev–Trinajstić information content (AvgIpc) is 2.29. The van der Waals surface area contributed by atoms with E-state index in [0.717, 1.165) is 19.2 Å². The molecule has 1 aromatic carbocycles. The van der Waals surface area contributed by atoms with Crippen LogP contribution in [0.4, 0.5) is 17.6 Å². The molecule has 3 nitrogen and oxygen atoms in total. The molecule has 0 amide bonds. The fraction of sp³-hybridized carbons (Fsp3) is 0.364. The standard InChI is InChI=1S/C11H11F4NO2/c1-18-10(17)8(16)5-6-3-2-4-7(9(6)12)11(13,14)15/h2-4,8H,5,16H2,1H3/t8-/m0/s1. The minimum Gasteiger partial charge on any atom is -0.468 e. The smallest absolute Gasteiger partial charge is 0.419 e. The molecule has 0 spiro atoms. The molecule has 0 aliphatic rings. The van der Waals surface area contributed by atoms with Gasteiger partial charge in [0, 0.05) is 6.42 Å². The van der Waals surface area contributed by atoms with Gasteiger partial charge in [-0.1, -0.05) is 12.1 Å². The first-order valence-corrected chi connectivity index (χ1v) is 4.95. The van der Waals surface area contributed by atoms with Gasteiger partial charge < -0.3 is 10.5 Å². The van der Waals surface area contributed by atoms with Crippen LogP contribution in [0.3, 0.4) is 0 Å². The van der Waals surface area contributed by atoms with Crippen molar-refractivity contribution in [2.45, 2.75) is 18.6 Å². The number of rotatable bonds is 3. The van der Waals surface area contributed by atoms with Crippen LogP contribution in [0.25, 0.3) is 0 Å². The summed E-state index contributed by atoms with van der Waals surface area (Å²) in [6.07, 6.45) is -5.14. The molecule has 1 aromatic rings. The maximum absolute atomic E-state index is 13.6. The second kappa shape index (κ2) is 5.34. The average molecular weight is 265 g/mol. The molecular formula is C11H11F4NO2. The van der Waals surface area contributed by atoms with Gasteiger partial charge >= 0.3 is 12.1 Å². The fourth-order valence-electron chi connectivity index (χ4n) is 1.43. The summed E-state index contributed by atoms with van der Waals surface area (Å²) in [6.45, 7) is 0. The van der Waals surface area contributed by atoms with Crippen molar-refractivity contribution in [3.63, 3.8) is 0 Å². The first kappa shape index (κ1) is 14.4. The number of hydrogen-bond acceptors (Lipinski definition) is 3. The van der Waals surface area contributed by atoms with Gasteiger partial charge in [0.05, 0.1) is 12.7 Å². The number of methoxy groups -OCH3 is 1. The van der Waals surface area contributed by atoms with Crippen molar-refractivity contribution < 1.29 is 27.1 Å². The van der Waals surface area contributed by atoms with Crippen molar-refractivity contribution >= 4 is 5.97 Å². The lowest BCUT2D eigenvalue weighted by molar-refractivity contribution is -0.142. The number of ether oxygens (including phenoxy) is 1. The third kappa shape index (κ3) is 3.19. The van der Waals surface area contributed by atoms with E-state index in [4.69, 9.17) is 5.73 Å². The SMILES string of the molecule is COC(=O)[C@@H](N)Cc1cccc(C(F)(F)F)c1F. The Hall–Kier alpha value is -1.63. The van der Waals surface area contributed by atoms with Gasteiger partial charge in [-0.2, -0.15) is 13.2 Å². The van der Waals surface area contributed by atoms with Gasteiger partial charge in [-0.25, -0.2) is 4.39 Å². The molecule has 0 saturated carbocycles. The summed E-state index contributed by atoms with van der Waals surface area (Å²) in [5.41, 5.74) is 3.71. The summed E-state index contributed by atoms with van der Waals surface area (Å²) < 4.78 is 55.2. The quantitative estimate of drug-likeness (QED) is 0.670. The molecule has 0 bridgehead atoms. The van der Waals surface area contributed by atoms with Crippen LogP contribution in [0, 0.1) is 5.82 Å². The van der Waals surface area contributed by atoms with Crippen LogP contribution >= 0.6 is 0 Å². The van der Waals surface area contributed by atoms with Gasteiger partial charge in [0.2, 0.25) is 0 Å². The topological polar surface area (TPSA) is 52.3 Å². The Labute approximate surface area is 101 Å². The van der Waals surface area contributed by atoms with E-state index in [9.17, 15) is 22.4 Å². The monoisotopic (exact) mass is 265 g/mol. The van der Waals surface area contributed by atoms with E-state index in [2.05, 4.69) is 4.74 Å². The number of esters is 1. The summed E-state index contributed by atoms with van der Waals surface area (Å²) in [7, 11) is 1.09. The van der Waals surface area contributed by atoms with Crippen LogP contribution < -0.4 is 5.73 Å². The molecular weight excluding hydrogens is 254 g/mol. The number of nitrogens with two attached hydrogens (primary N) is 1. The third-order valence-corrected chi connectivity index (χ3v) is 2.33. The fourth-order valence-corrected chi connectivity index (χ4v) is 1.43. The van der Waals surface area contributed by atoms with Crippen molar-refractivity contribution in [3.8, 4) is 0 Å². The maximum atomic E-state index is 13.6. The zero-order valence-electron chi connectivity index (χ0n) is 9.42. The zero-order chi connectivity index (χ0) is 13.9. The first-order valence-electron chi connectivity index (χ1n) is 4.95. The normalized spacial score (nSPS) is 13.2. The van der Waals surface area contributed by atoms with Crippen molar-refractivity contribution in [3.05, 3.63) is 35.1 Å². The Morgan fingerprint density at radius 2 is 2.06 bits per heavy atom. The van der Waals surface area contributed by atoms with Crippen LogP contribution in [0.5, 0.6) is 0 Å². The number of halogens is 4. The van der Waals surface area contributed by atoms with Crippen molar-refractivity contribution in [2.24, 2.45) is 5.73 Å². The predicted octanol–water partition coefficient (Wildman–Crippen LogP) is 1.89. The number of benzene rings is 1. The van der Waals surface area contributed by atoms with E-state index < -0.39 is 29.6 Å². The molecule has 18 heavy (non-hydrogen) atoms. The van der Waals surface area contributed by atoms with Gasteiger partial charge in [0.15, 0.2) is 0 Å². The number of carbonyl (C=O) groups excluding carboxylic acids is 1. The molecule has 0 fully saturated rings. The Balaban J connectivity index is 3.02. The Bertz CT molecular complexity index is 445. The van der Waals surface area contributed by atoms with Gasteiger partial charge in [-0.05, 0) is 11.6 Å². The lowest BCUT2D eigenvalue weighted by Crippen LogP contribution is -2.34. The highest BCUT2D eigenvalue weighted by Crippen LogP contribution is 2.32. The lowest BCUT2D eigenvalue weighted by atomic mass is 10.0. The van der Waals surface area contributed by atoms with E-state index in [1.165, 1.54) is 0 Å². The minimum absolute atomic E-state index is 0.275. The molecule has 0 aliphatic heterocycles. The van der Waals surface area contributed by atoms with E-state index in [1.54, 1.807) is 0 Å². The Morgan fingerprint density at radius 1 is 1.44 bits per heavy atom. The van der Waals surface area contributed by atoms with Crippen LogP contribution in [-0.4, -0.2) is 19.1 Å². The predicted molar refractivity (Wildman–Crippen MR) is 55.1 cm³/mol. The van der Waals surface area contributed by atoms with Gasteiger partial charge in [0.25, 0.3) is 0 Å². The first-order chi connectivity index (χ1) is 8.27. The van der Waals surface area contributed by atoms with Gasteiger partial charge in [0.1, 0.15) is 11.9 Å². The van der Waals surface area contributed by atoms with Crippen LogP contribution in [-0.2, 0) is 22.1 Å². The lowest BCUT2D eigenvalue weighted by Gasteiger charge is -2.13. The summed E-state index contributed by atoms with van der Waals surface area (Å²) in [5, 5.41) is 0. The summed E-state index contributed by atoms with van der Waals surface area (Å²) in [5.74, 6) is -2.23. The summed E-state index contributed by atoms with van der Waals surface area (Å²) in [6, 6.07) is 1.63. The summed E-state index contributed by atoms with van der Waals surface area (Å²) in [4.78, 5) is 11.0. The molecule has 0 aliphatic carbocycles. The molecule has 0 radical (unpaired) electrons. The second-order valence-electron chi connectivity index (χ2n) is 3.61. The Morgan fingerprint density at radius 3 is 2.56 bits per heavy atom. The summed E-state index contributed by atoms with van der Waals surface area (Å²) >= 11 is 0. The molecule has 100 valence electrons. The molecule has 2 N–H and O–H groups in total. The highest BCUT2D eigenvalue weighted by atomic mass is 19.4. The molecule has 0 aromatic heterocycles. The van der Waals surface area contributed by atoms with Crippen LogP contribution in [0.2, 0.25) is 0 Å². The van der Waals surface area contributed by atoms with Gasteiger partial charge in [-0.15, -0.1) is 0 Å². The van der Waals surface area contributed by atoms with Gasteiger partial charge in [-0.3, -0.25) is 4.79 Å². The Kier molecular flexibility index (Phi) is 4.28. The molecule has 0 unspecified atom stereocenters. The van der Waals surface area contributed by atoms with Crippen molar-refractivity contribution in [2.75, 3.05) is 7.11 Å². The van der Waals surface area contributed by atoms with E-state index in [-0.39, 0.29) is 12.0 Å². The minimum atomic E-state index is -4.78. The number of carbonyl (C=O) groups is 1. The number of hydrogen-bond donors (Lipinski definition) is 1. The zero-order valence-corrected chi connectivity index (χ0v) is 9.42. The van der Waals surface area contributed by atoms with Crippen molar-refractivity contribution in [1.82, 2.24) is 0 Å². The second-order valence-corrected chi connectivity index (χ2v) is 3.61. The molecule has 7 heteroatoms. The molecule has 1 atom stereocenters. The maximum Gasteiger partial charge on any atom is 0.419 e.